The third-order valence-electron chi connectivity index (χ3n) is 8.01. The van der Waals surface area contributed by atoms with Gasteiger partial charge in [-0.2, -0.15) is 0 Å². The van der Waals surface area contributed by atoms with Gasteiger partial charge in [-0.25, -0.2) is 19.6 Å². The van der Waals surface area contributed by atoms with Gasteiger partial charge in [0.2, 0.25) is 22.3 Å². The number of hydrogen-bond donors (Lipinski definition) is 6. The SMILES string of the molecule is CC(C)(O/N=C(\C(=O)C[C@@H]1C(=O)N2C[C@@](C(=O)O)(N3CC(=O)N(NC(=O)C(=O)c4ccc(O)c(O)c4Cl)CC3=O)S[C@H]12)c1csc(N)n1)C(=O)O. The van der Waals surface area contributed by atoms with E-state index in [2.05, 4.69) is 10.1 Å². The number of nitrogens with zero attached hydrogens (tertiary/aromatic N) is 5. The Morgan fingerprint density at radius 1 is 1.14 bits per heavy atom. The van der Waals surface area contributed by atoms with Crippen LogP contribution in [0.3, 0.4) is 0 Å². The number of halogens is 1. The van der Waals surface area contributed by atoms with Gasteiger partial charge in [0.15, 0.2) is 28.1 Å². The minimum Gasteiger partial charge on any atom is -0.504 e. The molecule has 1 aromatic carbocycles. The zero-order chi connectivity index (χ0) is 37.7. The monoisotopic (exact) mass is 767 g/mol. The highest BCUT2D eigenvalue weighted by atomic mass is 35.5. The standard InChI is InChI=1S/C28H26ClN7O13S2/c1-27(2,24(45)46)49-33-18(12-8-50-26(30)31-12)14(38)5-11-22(44)34-9-28(25(47)48,51-23(11)34)35-6-16(40)36(7-15(35)39)32-21(43)19(41)10-3-4-13(37)20(42)17(10)29/h3-4,8,11,23,37,42H,5-7,9H2,1-2H3,(H2,30,31)(H,32,43)(H,45,46)(H,47,48)/b33-18-/t11-,23-,28-/m1/s1. The number of β-lactam (4-membered cyclic amide) rings is 1. The summed E-state index contributed by atoms with van der Waals surface area (Å²) in [5, 5.41) is 43.0. The molecule has 3 fully saturated rings. The summed E-state index contributed by atoms with van der Waals surface area (Å²) in [5.74, 6) is -11.8. The number of carboxylic acid groups (broad SMARTS) is 2. The molecule has 2 aromatic rings. The minimum atomic E-state index is -2.19. The molecular weight excluding hydrogens is 742 g/mol. The summed E-state index contributed by atoms with van der Waals surface area (Å²) in [6.45, 7) is -0.00256. The Morgan fingerprint density at radius 3 is 2.43 bits per heavy atom. The van der Waals surface area contributed by atoms with Crippen LogP contribution in [0.1, 0.15) is 36.3 Å². The zero-order valence-electron chi connectivity index (χ0n) is 26.2. The van der Waals surface area contributed by atoms with Gasteiger partial charge in [-0.15, -0.1) is 11.3 Å². The van der Waals surface area contributed by atoms with Crippen LogP contribution >= 0.6 is 34.7 Å². The first-order chi connectivity index (χ1) is 23.8. The van der Waals surface area contributed by atoms with Gasteiger partial charge in [0.25, 0.3) is 11.7 Å². The van der Waals surface area contributed by atoms with Gasteiger partial charge >= 0.3 is 17.8 Å². The number of thioether (sulfide) groups is 1. The maximum absolute atomic E-state index is 13.4. The van der Waals surface area contributed by atoms with Crippen molar-refractivity contribution in [2.75, 3.05) is 25.4 Å². The number of oxime groups is 1. The number of aromatic hydroxyl groups is 2. The van der Waals surface area contributed by atoms with Gasteiger partial charge < -0.3 is 40.8 Å². The van der Waals surface area contributed by atoms with Gasteiger partial charge in [-0.3, -0.25) is 34.2 Å². The van der Waals surface area contributed by atoms with Crippen molar-refractivity contribution in [3.63, 3.8) is 0 Å². The average Bonchev–Trinajstić information content (AvgIpc) is 3.66. The second-order valence-electron chi connectivity index (χ2n) is 11.7. The highest BCUT2D eigenvalue weighted by Crippen LogP contribution is 2.52. The Balaban J connectivity index is 1.30. The number of hydrogen-bond acceptors (Lipinski definition) is 16. The van der Waals surface area contributed by atoms with E-state index in [9.17, 15) is 58.8 Å². The number of piperazine rings is 1. The lowest BCUT2D eigenvalue weighted by molar-refractivity contribution is -0.166. The van der Waals surface area contributed by atoms with E-state index in [1.165, 1.54) is 19.2 Å². The smallest absolute Gasteiger partial charge is 0.350 e. The molecule has 3 atom stereocenters. The number of nitrogens with one attached hydrogen (secondary N) is 1. The number of rotatable bonds is 12. The van der Waals surface area contributed by atoms with Gasteiger partial charge in [0.1, 0.15) is 18.8 Å². The fraction of sp³-hybridized carbons (Fsp3) is 0.357. The molecule has 0 bridgehead atoms. The number of amides is 4. The molecule has 23 heteroatoms. The summed E-state index contributed by atoms with van der Waals surface area (Å²) in [7, 11) is 0. The molecule has 0 unspecified atom stereocenters. The van der Waals surface area contributed by atoms with Gasteiger partial charge in [0, 0.05) is 11.8 Å². The lowest BCUT2D eigenvalue weighted by atomic mass is 9.90. The van der Waals surface area contributed by atoms with E-state index in [0.717, 1.165) is 33.3 Å². The van der Waals surface area contributed by atoms with E-state index >= 15 is 0 Å². The highest BCUT2D eigenvalue weighted by Gasteiger charge is 2.66. The lowest BCUT2D eigenvalue weighted by Gasteiger charge is -2.41. The number of hydrazine groups is 1. The second-order valence-corrected chi connectivity index (χ2v) is 14.4. The molecular formula is C28H26ClN7O13S2. The van der Waals surface area contributed by atoms with E-state index in [0.29, 0.717) is 16.8 Å². The molecule has 4 heterocycles. The molecule has 1 aromatic heterocycles. The maximum atomic E-state index is 13.4. The number of benzene rings is 1. The molecule has 20 nitrogen and oxygen atoms in total. The van der Waals surface area contributed by atoms with E-state index < -0.39 is 123 Å². The molecule has 270 valence electrons. The van der Waals surface area contributed by atoms with Crippen LogP contribution in [-0.2, 0) is 38.4 Å². The molecule has 0 radical (unpaired) electrons. The second kappa shape index (κ2) is 13.3. The summed E-state index contributed by atoms with van der Waals surface area (Å²) in [5.41, 5.74) is 4.77. The van der Waals surface area contributed by atoms with Gasteiger partial charge in [0.05, 0.1) is 28.4 Å². The van der Waals surface area contributed by atoms with Gasteiger partial charge in [-0.05, 0) is 26.0 Å². The van der Waals surface area contributed by atoms with Crippen LogP contribution in [0.2, 0.25) is 5.02 Å². The molecule has 51 heavy (non-hydrogen) atoms. The van der Waals surface area contributed by atoms with Crippen LogP contribution in [0.4, 0.5) is 5.13 Å². The van der Waals surface area contributed by atoms with Crippen molar-refractivity contribution in [1.29, 1.82) is 0 Å². The predicted molar refractivity (Wildman–Crippen MR) is 173 cm³/mol. The first kappa shape index (κ1) is 36.8. The normalized spacial score (nSPS) is 22.0. The van der Waals surface area contributed by atoms with Crippen molar-refractivity contribution >= 4 is 92.7 Å². The number of carboxylic acids is 2. The summed E-state index contributed by atoms with van der Waals surface area (Å²) in [6, 6.07) is 1.84. The molecule has 0 spiro atoms. The summed E-state index contributed by atoms with van der Waals surface area (Å²) < 4.78 is 0. The minimum absolute atomic E-state index is 0.0497. The quantitative estimate of drug-likeness (QED) is 0.0386. The largest absolute Gasteiger partial charge is 0.504 e. The van der Waals surface area contributed by atoms with Crippen molar-refractivity contribution in [2.24, 2.45) is 11.1 Å². The summed E-state index contributed by atoms with van der Waals surface area (Å²) in [6.07, 6.45) is -0.542. The van der Waals surface area contributed by atoms with Crippen LogP contribution in [0.5, 0.6) is 11.5 Å². The number of aromatic nitrogens is 1. The van der Waals surface area contributed by atoms with Crippen molar-refractivity contribution in [3.05, 3.63) is 33.8 Å². The van der Waals surface area contributed by atoms with E-state index in [4.69, 9.17) is 22.2 Å². The number of carbonyl (C=O) groups excluding carboxylic acids is 6. The molecule has 5 rings (SSSR count). The van der Waals surface area contributed by atoms with Crippen LogP contribution in [0, 0.1) is 5.92 Å². The first-order valence-corrected chi connectivity index (χ1v) is 16.5. The molecule has 0 saturated carbocycles. The van der Waals surface area contributed by atoms with Crippen LogP contribution in [0.15, 0.2) is 22.7 Å². The van der Waals surface area contributed by atoms with Crippen molar-refractivity contribution in [2.45, 2.75) is 36.1 Å². The summed E-state index contributed by atoms with van der Waals surface area (Å²) >= 11 is 7.43. The zero-order valence-corrected chi connectivity index (χ0v) is 28.6. The van der Waals surface area contributed by atoms with Crippen molar-refractivity contribution in [3.8, 4) is 11.5 Å². The fourth-order valence-corrected chi connectivity index (χ4v) is 7.64. The number of fused-ring (bicyclic) bond motifs is 1. The molecule has 3 aliphatic heterocycles. The Kier molecular flexibility index (Phi) is 9.62. The Labute approximate surface area is 298 Å². The first-order valence-electron chi connectivity index (χ1n) is 14.4. The Morgan fingerprint density at radius 2 is 1.82 bits per heavy atom. The third kappa shape index (κ3) is 6.59. The number of aliphatic carboxylic acids is 2. The number of phenolic OH excluding ortho intramolecular Hbond substituents is 2. The van der Waals surface area contributed by atoms with Crippen molar-refractivity contribution in [1.82, 2.24) is 25.2 Å². The number of ketones is 2. The molecule has 3 saturated heterocycles. The Bertz CT molecular complexity index is 1950. The lowest BCUT2D eigenvalue weighted by Crippen LogP contribution is -2.67. The molecule has 3 aliphatic rings. The van der Waals surface area contributed by atoms with Crippen LogP contribution < -0.4 is 11.2 Å². The predicted octanol–water partition coefficient (Wildman–Crippen LogP) is -0.770. The number of carbonyl (C=O) groups is 8. The number of nitrogen functional groups attached to an aromatic ring is 1. The number of anilines is 1. The Hall–Kier alpha value is -5.48. The maximum Gasteiger partial charge on any atom is 0.350 e. The number of nitrogens with two attached hydrogens (primary N) is 1. The van der Waals surface area contributed by atoms with E-state index in [1.807, 2.05) is 5.43 Å². The number of thiazole rings is 1. The molecule has 4 amide bonds. The fourth-order valence-electron chi connectivity index (χ4n) is 5.15. The number of phenols is 2. The highest BCUT2D eigenvalue weighted by molar-refractivity contribution is 8.02. The van der Waals surface area contributed by atoms with E-state index in [1.54, 1.807) is 0 Å². The van der Waals surface area contributed by atoms with E-state index in [-0.39, 0.29) is 10.8 Å². The average molecular weight is 768 g/mol. The van der Waals surface area contributed by atoms with Crippen molar-refractivity contribution < 1.29 is 63.6 Å². The molecule has 7 N–H and O–H groups in total. The topological polar surface area (TPSA) is 300 Å². The van der Waals surface area contributed by atoms with Crippen LogP contribution in [0.25, 0.3) is 0 Å². The summed E-state index contributed by atoms with van der Waals surface area (Å²) in [4.78, 5) is 111. The van der Waals surface area contributed by atoms with Gasteiger partial charge in [-0.1, -0.05) is 28.5 Å². The molecule has 0 aliphatic carbocycles. The number of Topliss-reactive ketones (excluding diaryl/α,β-unsaturated/α-hetero) is 2. The van der Waals surface area contributed by atoms with Crippen LogP contribution in [-0.4, -0.2) is 129 Å². The third-order valence-corrected chi connectivity index (χ3v) is 10.8.